The predicted molar refractivity (Wildman–Crippen MR) is 59.9 cm³/mol. The van der Waals surface area contributed by atoms with E-state index in [1.165, 1.54) is 0 Å². The smallest absolute Gasteiger partial charge is 0.222 e. The van der Waals surface area contributed by atoms with Gasteiger partial charge in [-0.2, -0.15) is 0 Å². The SMILES string of the molecule is CC(C)C(=O)N[C@H]1C[C@H](O)C12CCOCC2. The molecule has 1 saturated carbocycles. The number of aliphatic hydroxyl groups excluding tert-OH is 1. The number of amides is 1. The number of rotatable bonds is 2. The molecule has 2 fully saturated rings. The molecule has 1 saturated heterocycles. The van der Waals surface area contributed by atoms with Crippen LogP contribution < -0.4 is 5.32 Å². The van der Waals surface area contributed by atoms with E-state index >= 15 is 0 Å². The van der Waals surface area contributed by atoms with Gasteiger partial charge in [-0.05, 0) is 19.3 Å². The molecule has 1 spiro atoms. The molecule has 4 nitrogen and oxygen atoms in total. The third-order valence-corrected chi connectivity index (χ3v) is 4.08. The van der Waals surface area contributed by atoms with Crippen molar-refractivity contribution in [3.8, 4) is 0 Å². The summed E-state index contributed by atoms with van der Waals surface area (Å²) in [5.41, 5.74) is -0.108. The van der Waals surface area contributed by atoms with Gasteiger partial charge in [0.1, 0.15) is 0 Å². The van der Waals surface area contributed by atoms with Gasteiger partial charge in [0, 0.05) is 30.6 Å². The molecule has 0 aromatic carbocycles. The number of hydrogen-bond acceptors (Lipinski definition) is 3. The molecule has 1 aliphatic heterocycles. The van der Waals surface area contributed by atoms with Crippen LogP contribution in [0.15, 0.2) is 0 Å². The lowest BCUT2D eigenvalue weighted by molar-refractivity contribution is -0.157. The molecular weight excluding hydrogens is 206 g/mol. The average molecular weight is 227 g/mol. The number of hydrogen-bond donors (Lipinski definition) is 2. The summed E-state index contributed by atoms with van der Waals surface area (Å²) in [5, 5.41) is 13.0. The van der Waals surface area contributed by atoms with Crippen LogP contribution in [0.5, 0.6) is 0 Å². The van der Waals surface area contributed by atoms with Crippen LogP contribution >= 0.6 is 0 Å². The van der Waals surface area contributed by atoms with Crippen molar-refractivity contribution in [1.82, 2.24) is 5.32 Å². The van der Waals surface area contributed by atoms with Crippen molar-refractivity contribution in [3.05, 3.63) is 0 Å². The van der Waals surface area contributed by atoms with Crippen LogP contribution in [0.2, 0.25) is 0 Å². The fourth-order valence-electron chi connectivity index (χ4n) is 2.74. The van der Waals surface area contributed by atoms with Gasteiger partial charge in [0.25, 0.3) is 0 Å². The molecule has 0 bridgehead atoms. The predicted octanol–water partition coefficient (Wildman–Crippen LogP) is 0.689. The summed E-state index contributed by atoms with van der Waals surface area (Å²) in [6, 6.07) is 0.140. The quantitative estimate of drug-likeness (QED) is 0.729. The van der Waals surface area contributed by atoms with Gasteiger partial charge in [0.05, 0.1) is 6.10 Å². The summed E-state index contributed by atoms with van der Waals surface area (Å²) >= 11 is 0. The second-order valence-electron chi connectivity index (χ2n) is 5.31. The summed E-state index contributed by atoms with van der Waals surface area (Å²) in [6.07, 6.45) is 2.14. The van der Waals surface area contributed by atoms with Crippen molar-refractivity contribution in [3.63, 3.8) is 0 Å². The highest BCUT2D eigenvalue weighted by atomic mass is 16.5. The van der Waals surface area contributed by atoms with Gasteiger partial charge >= 0.3 is 0 Å². The molecular formula is C12H21NO3. The second-order valence-corrected chi connectivity index (χ2v) is 5.31. The van der Waals surface area contributed by atoms with E-state index in [-0.39, 0.29) is 29.4 Å². The zero-order valence-electron chi connectivity index (χ0n) is 10.0. The Balaban J connectivity index is 1.98. The van der Waals surface area contributed by atoms with Crippen molar-refractivity contribution in [1.29, 1.82) is 0 Å². The molecule has 92 valence electrons. The van der Waals surface area contributed by atoms with Gasteiger partial charge < -0.3 is 15.2 Å². The van der Waals surface area contributed by atoms with E-state index in [1.807, 2.05) is 13.8 Å². The van der Waals surface area contributed by atoms with Gasteiger partial charge in [-0.15, -0.1) is 0 Å². The highest BCUT2D eigenvalue weighted by Gasteiger charge is 2.55. The van der Waals surface area contributed by atoms with Crippen molar-refractivity contribution in [2.24, 2.45) is 11.3 Å². The van der Waals surface area contributed by atoms with E-state index in [0.29, 0.717) is 19.6 Å². The lowest BCUT2D eigenvalue weighted by Crippen LogP contribution is -2.66. The van der Waals surface area contributed by atoms with Crippen LogP contribution in [0.4, 0.5) is 0 Å². The molecule has 4 heteroatoms. The molecule has 16 heavy (non-hydrogen) atoms. The minimum Gasteiger partial charge on any atom is -0.392 e. The number of ether oxygens (including phenoxy) is 1. The number of nitrogens with one attached hydrogen (secondary N) is 1. The van der Waals surface area contributed by atoms with Gasteiger partial charge in [0.15, 0.2) is 0 Å². The van der Waals surface area contributed by atoms with Crippen LogP contribution in [0.1, 0.15) is 33.1 Å². The van der Waals surface area contributed by atoms with Gasteiger partial charge in [-0.3, -0.25) is 4.79 Å². The van der Waals surface area contributed by atoms with Gasteiger partial charge in [-0.1, -0.05) is 13.8 Å². The normalized spacial score (nSPS) is 32.5. The number of carbonyl (C=O) groups excluding carboxylic acids is 1. The minimum absolute atomic E-state index is 0.00892. The zero-order chi connectivity index (χ0) is 11.8. The topological polar surface area (TPSA) is 58.6 Å². The van der Waals surface area contributed by atoms with Crippen LogP contribution in [0.3, 0.4) is 0 Å². The minimum atomic E-state index is -0.270. The fourth-order valence-corrected chi connectivity index (χ4v) is 2.74. The first-order valence-electron chi connectivity index (χ1n) is 6.12. The Bertz CT molecular complexity index is 271. The monoisotopic (exact) mass is 227 g/mol. The van der Waals surface area contributed by atoms with E-state index in [0.717, 1.165) is 12.8 Å². The summed E-state index contributed by atoms with van der Waals surface area (Å²) in [5.74, 6) is 0.0948. The van der Waals surface area contributed by atoms with E-state index in [9.17, 15) is 9.90 Å². The first kappa shape index (κ1) is 11.9. The summed E-state index contributed by atoms with van der Waals surface area (Å²) in [4.78, 5) is 11.7. The highest BCUT2D eigenvalue weighted by molar-refractivity contribution is 5.78. The van der Waals surface area contributed by atoms with Crippen LogP contribution in [-0.2, 0) is 9.53 Å². The molecule has 2 aliphatic rings. The summed E-state index contributed by atoms with van der Waals surface area (Å²) in [6.45, 7) is 5.18. The Hall–Kier alpha value is -0.610. The first-order valence-corrected chi connectivity index (χ1v) is 6.12. The zero-order valence-corrected chi connectivity index (χ0v) is 10.0. The molecule has 1 amide bonds. The number of carbonyl (C=O) groups is 1. The lowest BCUT2D eigenvalue weighted by atomic mass is 9.58. The summed E-state index contributed by atoms with van der Waals surface area (Å²) in [7, 11) is 0. The molecule has 0 radical (unpaired) electrons. The fraction of sp³-hybridized carbons (Fsp3) is 0.917. The Kier molecular flexibility index (Phi) is 3.22. The van der Waals surface area contributed by atoms with Crippen LogP contribution in [0, 0.1) is 11.3 Å². The molecule has 0 aromatic heterocycles. The third-order valence-electron chi connectivity index (χ3n) is 4.08. The third kappa shape index (κ3) is 1.84. The molecule has 2 atom stereocenters. The van der Waals surface area contributed by atoms with Crippen LogP contribution in [-0.4, -0.2) is 36.4 Å². The Morgan fingerprint density at radius 1 is 1.44 bits per heavy atom. The summed E-state index contributed by atoms with van der Waals surface area (Å²) < 4.78 is 5.33. The van der Waals surface area contributed by atoms with Crippen molar-refractivity contribution in [2.45, 2.75) is 45.3 Å². The van der Waals surface area contributed by atoms with E-state index in [2.05, 4.69) is 5.32 Å². The lowest BCUT2D eigenvalue weighted by Gasteiger charge is -2.55. The van der Waals surface area contributed by atoms with E-state index < -0.39 is 0 Å². The Morgan fingerprint density at radius 2 is 2.06 bits per heavy atom. The van der Waals surface area contributed by atoms with Crippen molar-refractivity contribution < 1.29 is 14.6 Å². The van der Waals surface area contributed by atoms with Crippen molar-refractivity contribution in [2.75, 3.05) is 13.2 Å². The van der Waals surface area contributed by atoms with E-state index in [1.54, 1.807) is 0 Å². The average Bonchev–Trinajstić information content (AvgIpc) is 2.29. The molecule has 2 N–H and O–H groups in total. The van der Waals surface area contributed by atoms with E-state index in [4.69, 9.17) is 4.74 Å². The number of aliphatic hydroxyl groups is 1. The van der Waals surface area contributed by atoms with Crippen LogP contribution in [0.25, 0.3) is 0 Å². The second kappa shape index (κ2) is 4.34. The van der Waals surface area contributed by atoms with Gasteiger partial charge in [0.2, 0.25) is 5.91 Å². The molecule has 2 rings (SSSR count). The molecule has 0 unspecified atom stereocenters. The molecule has 1 heterocycles. The maximum absolute atomic E-state index is 11.7. The molecule has 0 aromatic rings. The van der Waals surface area contributed by atoms with Crippen molar-refractivity contribution >= 4 is 5.91 Å². The maximum Gasteiger partial charge on any atom is 0.222 e. The first-order chi connectivity index (χ1) is 7.56. The Labute approximate surface area is 96.4 Å². The highest BCUT2D eigenvalue weighted by Crippen LogP contribution is 2.48. The Morgan fingerprint density at radius 3 is 2.56 bits per heavy atom. The largest absolute Gasteiger partial charge is 0.392 e. The maximum atomic E-state index is 11.7. The molecule has 1 aliphatic carbocycles. The van der Waals surface area contributed by atoms with Gasteiger partial charge in [-0.25, -0.2) is 0 Å². The standard InChI is InChI=1S/C12H21NO3/c1-8(2)11(15)13-9-7-10(14)12(9)3-5-16-6-4-12/h8-10,14H,3-7H2,1-2H3,(H,13,15)/t9-,10-/m0/s1.